The molecule has 0 bridgehead atoms. The molecule has 1 unspecified atom stereocenters. The summed E-state index contributed by atoms with van der Waals surface area (Å²) in [5.74, 6) is 0. The number of hydrogen-bond acceptors (Lipinski definition) is 5. The van der Waals surface area contributed by atoms with E-state index in [0.717, 1.165) is 30.1 Å². The van der Waals surface area contributed by atoms with Gasteiger partial charge in [0, 0.05) is 16.9 Å². The molecule has 1 rings (SSSR count). The summed E-state index contributed by atoms with van der Waals surface area (Å²) in [7, 11) is -2.56. The second-order valence-corrected chi connectivity index (χ2v) is 9.19. The molecule has 0 heterocycles. The number of nitrogens with zero attached hydrogens (tertiary/aromatic N) is 1. The first-order valence-electron chi connectivity index (χ1n) is 6.44. The largest absolute Gasteiger partial charge is 0.269 e. The minimum Gasteiger partial charge on any atom is -0.258 e. The molecule has 5 nitrogen and oxygen atoms in total. The lowest BCUT2D eigenvalue weighted by Crippen LogP contribution is -2.21. The van der Waals surface area contributed by atoms with Gasteiger partial charge < -0.3 is 0 Å². The highest BCUT2D eigenvalue weighted by molar-refractivity contribution is 8.72. The Morgan fingerprint density at radius 1 is 1.25 bits per heavy atom. The van der Waals surface area contributed by atoms with Gasteiger partial charge in [-0.3, -0.25) is 10.1 Å². The minimum atomic E-state index is -3.50. The SMILES string of the molecule is CCCC(C)(CC)SS(=O)(=O)c1ccc([N+](=O)[O-])cc1. The number of benzene rings is 1. The molecule has 0 aromatic heterocycles. The Balaban J connectivity index is 3.01. The predicted molar refractivity (Wildman–Crippen MR) is 81.5 cm³/mol. The Morgan fingerprint density at radius 2 is 1.80 bits per heavy atom. The fourth-order valence-electron chi connectivity index (χ4n) is 1.85. The average Bonchev–Trinajstić information content (AvgIpc) is 2.38. The van der Waals surface area contributed by atoms with Crippen LogP contribution in [0.25, 0.3) is 0 Å². The number of non-ortho nitro benzene ring substituents is 1. The standard InChI is InChI=1S/C13H19NO4S2/c1-4-10-13(3,5-2)19-20(17,18)12-8-6-11(7-9-12)14(15)16/h6-9H,4-5,10H2,1-3H3. The maximum Gasteiger partial charge on any atom is 0.269 e. The van der Waals surface area contributed by atoms with Crippen molar-refractivity contribution >= 4 is 25.4 Å². The lowest BCUT2D eigenvalue weighted by Gasteiger charge is -2.26. The zero-order valence-electron chi connectivity index (χ0n) is 11.8. The number of nitro groups is 1. The summed E-state index contributed by atoms with van der Waals surface area (Å²) in [5.41, 5.74) is -0.110. The van der Waals surface area contributed by atoms with Crippen LogP contribution < -0.4 is 0 Å². The van der Waals surface area contributed by atoms with Crippen molar-refractivity contribution in [1.82, 2.24) is 0 Å². The molecule has 1 aromatic carbocycles. The van der Waals surface area contributed by atoms with Gasteiger partial charge in [-0.1, -0.05) is 20.3 Å². The molecule has 7 heteroatoms. The van der Waals surface area contributed by atoms with E-state index in [4.69, 9.17) is 0 Å². The van der Waals surface area contributed by atoms with E-state index >= 15 is 0 Å². The lowest BCUT2D eigenvalue weighted by atomic mass is 10.0. The van der Waals surface area contributed by atoms with Gasteiger partial charge in [-0.15, -0.1) is 0 Å². The van der Waals surface area contributed by atoms with Gasteiger partial charge >= 0.3 is 0 Å². The van der Waals surface area contributed by atoms with Crippen molar-refractivity contribution in [2.24, 2.45) is 0 Å². The third-order valence-electron chi connectivity index (χ3n) is 3.17. The van der Waals surface area contributed by atoms with Crippen LogP contribution in [0.5, 0.6) is 0 Å². The molecule has 112 valence electrons. The molecule has 0 N–H and O–H groups in total. The van der Waals surface area contributed by atoms with Crippen LogP contribution in [-0.2, 0) is 8.87 Å². The zero-order chi connectivity index (χ0) is 15.4. The third kappa shape index (κ3) is 4.21. The maximum atomic E-state index is 12.4. The molecule has 1 atom stereocenters. The Labute approximate surface area is 123 Å². The van der Waals surface area contributed by atoms with Gasteiger partial charge in [0.05, 0.1) is 9.82 Å². The summed E-state index contributed by atoms with van der Waals surface area (Å²) in [4.78, 5) is 10.1. The van der Waals surface area contributed by atoms with Gasteiger partial charge in [0.1, 0.15) is 0 Å². The van der Waals surface area contributed by atoms with Crippen molar-refractivity contribution in [3.05, 3.63) is 34.4 Å². The fourth-order valence-corrected chi connectivity index (χ4v) is 6.17. The molecule has 0 radical (unpaired) electrons. The molecule has 0 aliphatic heterocycles. The Kier molecular flexibility index (Phi) is 5.59. The zero-order valence-corrected chi connectivity index (χ0v) is 13.5. The van der Waals surface area contributed by atoms with Crippen LogP contribution in [0.2, 0.25) is 0 Å². The van der Waals surface area contributed by atoms with Gasteiger partial charge in [0.15, 0.2) is 0 Å². The first-order chi connectivity index (χ1) is 9.24. The van der Waals surface area contributed by atoms with Crippen LogP contribution in [0.4, 0.5) is 5.69 Å². The van der Waals surface area contributed by atoms with Crippen LogP contribution in [0.1, 0.15) is 40.0 Å². The molecule has 0 spiro atoms. The van der Waals surface area contributed by atoms with Crippen molar-refractivity contribution in [2.75, 3.05) is 0 Å². The van der Waals surface area contributed by atoms with Crippen molar-refractivity contribution in [3.63, 3.8) is 0 Å². The highest BCUT2D eigenvalue weighted by atomic mass is 33.1. The van der Waals surface area contributed by atoms with E-state index in [1.54, 1.807) is 0 Å². The molecule has 0 aliphatic rings. The smallest absolute Gasteiger partial charge is 0.258 e. The monoisotopic (exact) mass is 317 g/mol. The molecule has 0 saturated heterocycles. The van der Waals surface area contributed by atoms with E-state index in [1.165, 1.54) is 24.3 Å². The maximum absolute atomic E-state index is 12.4. The van der Waals surface area contributed by atoms with Crippen LogP contribution in [0.3, 0.4) is 0 Å². The molecule has 0 saturated carbocycles. The van der Waals surface area contributed by atoms with Crippen molar-refractivity contribution in [3.8, 4) is 0 Å². The van der Waals surface area contributed by atoms with Gasteiger partial charge in [-0.25, -0.2) is 8.42 Å². The molecule has 0 fully saturated rings. The average molecular weight is 317 g/mol. The second-order valence-electron chi connectivity index (χ2n) is 4.84. The quantitative estimate of drug-likeness (QED) is 0.432. The van der Waals surface area contributed by atoms with Crippen molar-refractivity contribution in [2.45, 2.75) is 49.7 Å². The van der Waals surface area contributed by atoms with E-state index in [1.807, 2.05) is 20.8 Å². The topological polar surface area (TPSA) is 77.3 Å². The lowest BCUT2D eigenvalue weighted by molar-refractivity contribution is -0.384. The molecular formula is C13H19NO4S2. The normalized spacial score (nSPS) is 14.8. The van der Waals surface area contributed by atoms with E-state index < -0.39 is 13.8 Å². The van der Waals surface area contributed by atoms with Gasteiger partial charge in [-0.2, -0.15) is 0 Å². The summed E-state index contributed by atoms with van der Waals surface area (Å²) in [6, 6.07) is 5.03. The van der Waals surface area contributed by atoms with Crippen LogP contribution in [0.15, 0.2) is 29.2 Å². The molecule has 0 aliphatic carbocycles. The summed E-state index contributed by atoms with van der Waals surface area (Å²) < 4.78 is 24.4. The van der Waals surface area contributed by atoms with Crippen molar-refractivity contribution in [1.29, 1.82) is 0 Å². The van der Waals surface area contributed by atoms with E-state index in [0.29, 0.717) is 0 Å². The van der Waals surface area contributed by atoms with Gasteiger partial charge in [-0.05, 0) is 42.7 Å². The Hall–Kier alpha value is -1.08. The number of hydrogen-bond donors (Lipinski definition) is 0. The highest BCUT2D eigenvalue weighted by Gasteiger charge is 2.30. The van der Waals surface area contributed by atoms with E-state index in [9.17, 15) is 18.5 Å². The van der Waals surface area contributed by atoms with E-state index in [2.05, 4.69) is 0 Å². The van der Waals surface area contributed by atoms with Gasteiger partial charge in [0.2, 0.25) is 8.87 Å². The summed E-state index contributed by atoms with van der Waals surface area (Å²) >= 11 is 0. The Morgan fingerprint density at radius 3 is 2.20 bits per heavy atom. The third-order valence-corrected chi connectivity index (χ3v) is 7.58. The molecular weight excluding hydrogens is 298 g/mol. The number of rotatable bonds is 7. The first kappa shape index (κ1) is 17.0. The number of nitro benzene ring substituents is 1. The summed E-state index contributed by atoms with van der Waals surface area (Å²) in [5, 5.41) is 10.6. The fraction of sp³-hybridized carbons (Fsp3) is 0.538. The molecule has 1 aromatic rings. The molecule has 0 amide bonds. The van der Waals surface area contributed by atoms with Crippen LogP contribution >= 0.6 is 10.8 Å². The van der Waals surface area contributed by atoms with Crippen LogP contribution in [-0.4, -0.2) is 18.1 Å². The first-order valence-corrected chi connectivity index (χ1v) is 9.26. The van der Waals surface area contributed by atoms with E-state index in [-0.39, 0.29) is 15.3 Å². The second kappa shape index (κ2) is 6.58. The van der Waals surface area contributed by atoms with Crippen molar-refractivity contribution < 1.29 is 13.3 Å². The highest BCUT2D eigenvalue weighted by Crippen LogP contribution is 2.40. The van der Waals surface area contributed by atoms with Gasteiger partial charge in [0.25, 0.3) is 5.69 Å². The summed E-state index contributed by atoms with van der Waals surface area (Å²) in [6.45, 7) is 5.92. The summed E-state index contributed by atoms with van der Waals surface area (Å²) in [6.07, 6.45) is 2.46. The Bertz CT molecular complexity index is 569. The molecule has 20 heavy (non-hydrogen) atoms. The predicted octanol–water partition coefficient (Wildman–Crippen LogP) is 3.99. The van der Waals surface area contributed by atoms with Crippen LogP contribution in [0, 0.1) is 10.1 Å². The minimum absolute atomic E-state index is 0.110.